The van der Waals surface area contributed by atoms with Gasteiger partial charge in [0.25, 0.3) is 5.91 Å². The maximum absolute atomic E-state index is 12.4. The van der Waals surface area contributed by atoms with Crippen molar-refractivity contribution in [3.63, 3.8) is 0 Å². The molecule has 22 heavy (non-hydrogen) atoms. The topological polar surface area (TPSA) is 47.6 Å². The van der Waals surface area contributed by atoms with E-state index in [-0.39, 0.29) is 5.91 Å². The fraction of sp³-hybridized carbons (Fsp3) is 0.588. The molecule has 0 aliphatic carbocycles. The van der Waals surface area contributed by atoms with E-state index in [1.54, 1.807) is 7.11 Å². The van der Waals surface area contributed by atoms with Gasteiger partial charge in [0, 0.05) is 18.1 Å². The molecular formula is C17H26BrNO3. The molecule has 0 fully saturated rings. The van der Waals surface area contributed by atoms with Gasteiger partial charge in [-0.3, -0.25) is 4.79 Å². The smallest absolute Gasteiger partial charge is 0.256 e. The Morgan fingerprint density at radius 2 is 1.95 bits per heavy atom. The van der Waals surface area contributed by atoms with Crippen molar-refractivity contribution >= 4 is 27.5 Å². The SMILES string of the molecule is CCCCC[C@](C)(OC)C(=O)Nc1ccc(OCCBr)cc1. The number of unbranched alkanes of at least 4 members (excludes halogenated alkanes) is 2. The van der Waals surface area contributed by atoms with E-state index in [0.717, 1.165) is 42.5 Å². The van der Waals surface area contributed by atoms with E-state index in [9.17, 15) is 4.79 Å². The number of benzene rings is 1. The molecule has 0 aromatic heterocycles. The summed E-state index contributed by atoms with van der Waals surface area (Å²) in [7, 11) is 1.59. The number of hydrogen-bond acceptors (Lipinski definition) is 3. The largest absolute Gasteiger partial charge is 0.493 e. The van der Waals surface area contributed by atoms with Crippen LogP contribution in [0.1, 0.15) is 39.5 Å². The molecule has 1 atom stereocenters. The fourth-order valence-electron chi connectivity index (χ4n) is 2.07. The molecule has 124 valence electrons. The molecule has 1 N–H and O–H groups in total. The first-order chi connectivity index (χ1) is 10.6. The minimum atomic E-state index is -0.791. The van der Waals surface area contributed by atoms with Gasteiger partial charge in [0.1, 0.15) is 11.4 Å². The summed E-state index contributed by atoms with van der Waals surface area (Å²) in [6, 6.07) is 7.37. The van der Waals surface area contributed by atoms with Crippen LogP contribution in [0.5, 0.6) is 5.75 Å². The van der Waals surface area contributed by atoms with Crippen LogP contribution < -0.4 is 10.1 Å². The molecule has 1 rings (SSSR count). The highest BCUT2D eigenvalue weighted by Crippen LogP contribution is 2.22. The van der Waals surface area contributed by atoms with Crippen LogP contribution in [-0.4, -0.2) is 30.6 Å². The predicted molar refractivity (Wildman–Crippen MR) is 93.9 cm³/mol. The summed E-state index contributed by atoms with van der Waals surface area (Å²) < 4.78 is 10.9. The summed E-state index contributed by atoms with van der Waals surface area (Å²) in [5, 5.41) is 3.70. The van der Waals surface area contributed by atoms with Crippen LogP contribution in [0.15, 0.2) is 24.3 Å². The lowest BCUT2D eigenvalue weighted by atomic mass is 9.97. The number of hydrogen-bond donors (Lipinski definition) is 1. The van der Waals surface area contributed by atoms with Gasteiger partial charge in [0.2, 0.25) is 0 Å². The Hall–Kier alpha value is -1.07. The molecule has 0 aliphatic rings. The standard InChI is InChI=1S/C17H26BrNO3/c1-4-5-6-11-17(2,21-3)16(20)19-14-7-9-15(10-8-14)22-13-12-18/h7-10H,4-6,11-13H2,1-3H3,(H,19,20)/t17-/m0/s1. The Bertz CT molecular complexity index is 450. The van der Waals surface area contributed by atoms with Crippen molar-refractivity contribution in [2.45, 2.75) is 45.1 Å². The average Bonchev–Trinajstić information content (AvgIpc) is 2.54. The highest BCUT2D eigenvalue weighted by molar-refractivity contribution is 9.09. The van der Waals surface area contributed by atoms with E-state index in [2.05, 4.69) is 28.2 Å². The summed E-state index contributed by atoms with van der Waals surface area (Å²) in [5.74, 6) is 0.676. The number of halogens is 1. The first-order valence-electron chi connectivity index (χ1n) is 7.71. The predicted octanol–water partition coefficient (Wildman–Crippen LogP) is 4.38. The average molecular weight is 372 g/mol. The Morgan fingerprint density at radius 1 is 1.27 bits per heavy atom. The van der Waals surface area contributed by atoms with Gasteiger partial charge >= 0.3 is 0 Å². The molecule has 0 saturated carbocycles. The molecule has 1 amide bonds. The minimum absolute atomic E-state index is 0.111. The number of amides is 1. The second-order valence-corrected chi connectivity index (χ2v) is 6.20. The van der Waals surface area contributed by atoms with E-state index < -0.39 is 5.60 Å². The molecule has 0 spiro atoms. The molecule has 0 unspecified atom stereocenters. The zero-order chi connectivity index (χ0) is 16.4. The van der Waals surface area contributed by atoms with Gasteiger partial charge in [-0.2, -0.15) is 0 Å². The number of methoxy groups -OCH3 is 1. The van der Waals surface area contributed by atoms with E-state index in [1.807, 2.05) is 31.2 Å². The quantitative estimate of drug-likeness (QED) is 0.490. The number of nitrogens with one attached hydrogen (secondary N) is 1. The first-order valence-corrected chi connectivity index (χ1v) is 8.83. The Labute approximate surface area is 141 Å². The second-order valence-electron chi connectivity index (χ2n) is 5.41. The Balaban J connectivity index is 2.61. The van der Waals surface area contributed by atoms with Crippen LogP contribution in [0.3, 0.4) is 0 Å². The van der Waals surface area contributed by atoms with Crippen molar-refractivity contribution in [1.29, 1.82) is 0 Å². The van der Waals surface area contributed by atoms with Crippen LogP contribution >= 0.6 is 15.9 Å². The highest BCUT2D eigenvalue weighted by Gasteiger charge is 2.32. The second kappa shape index (κ2) is 9.85. The lowest BCUT2D eigenvalue weighted by Gasteiger charge is -2.27. The van der Waals surface area contributed by atoms with Crippen molar-refractivity contribution < 1.29 is 14.3 Å². The number of alkyl halides is 1. The number of ether oxygens (including phenoxy) is 2. The molecule has 0 radical (unpaired) electrons. The maximum atomic E-state index is 12.4. The molecule has 0 aliphatic heterocycles. The fourth-order valence-corrected chi connectivity index (χ4v) is 2.24. The summed E-state index contributed by atoms with van der Waals surface area (Å²) in [6.45, 7) is 4.60. The van der Waals surface area contributed by atoms with Crippen molar-refractivity contribution in [1.82, 2.24) is 0 Å². The number of carbonyl (C=O) groups excluding carboxylic acids is 1. The van der Waals surface area contributed by atoms with Crippen molar-refractivity contribution in [2.24, 2.45) is 0 Å². The van der Waals surface area contributed by atoms with Crippen LogP contribution in [0, 0.1) is 0 Å². The zero-order valence-corrected chi connectivity index (χ0v) is 15.2. The van der Waals surface area contributed by atoms with E-state index in [0.29, 0.717) is 6.61 Å². The third-order valence-electron chi connectivity index (χ3n) is 3.65. The monoisotopic (exact) mass is 371 g/mol. The van der Waals surface area contributed by atoms with Gasteiger partial charge < -0.3 is 14.8 Å². The molecule has 1 aromatic rings. The maximum Gasteiger partial charge on any atom is 0.256 e. The first kappa shape index (κ1) is 19.0. The number of rotatable bonds is 10. The minimum Gasteiger partial charge on any atom is -0.493 e. The van der Waals surface area contributed by atoms with Gasteiger partial charge in [0.05, 0.1) is 6.61 Å². The third kappa shape index (κ3) is 5.97. The van der Waals surface area contributed by atoms with Crippen LogP contribution in [0.2, 0.25) is 0 Å². The highest BCUT2D eigenvalue weighted by atomic mass is 79.9. The lowest BCUT2D eigenvalue weighted by molar-refractivity contribution is -0.136. The van der Waals surface area contributed by atoms with Gasteiger partial charge in [0.15, 0.2) is 0 Å². The molecule has 1 aromatic carbocycles. The van der Waals surface area contributed by atoms with Crippen molar-refractivity contribution in [3.05, 3.63) is 24.3 Å². The molecule has 5 heteroatoms. The zero-order valence-electron chi connectivity index (χ0n) is 13.7. The third-order valence-corrected chi connectivity index (χ3v) is 3.97. The molecule has 0 heterocycles. The van der Waals surface area contributed by atoms with Gasteiger partial charge in [-0.1, -0.05) is 42.1 Å². The van der Waals surface area contributed by atoms with E-state index >= 15 is 0 Å². The van der Waals surface area contributed by atoms with Crippen LogP contribution in [-0.2, 0) is 9.53 Å². The van der Waals surface area contributed by atoms with Gasteiger partial charge in [-0.25, -0.2) is 0 Å². The van der Waals surface area contributed by atoms with Crippen molar-refractivity contribution in [3.8, 4) is 5.75 Å². The summed E-state index contributed by atoms with van der Waals surface area (Å²) >= 11 is 3.31. The summed E-state index contributed by atoms with van der Waals surface area (Å²) in [4.78, 5) is 12.4. The molecule has 0 saturated heterocycles. The number of carbonyl (C=O) groups is 1. The lowest BCUT2D eigenvalue weighted by Crippen LogP contribution is -2.41. The number of anilines is 1. The van der Waals surface area contributed by atoms with Crippen molar-refractivity contribution in [2.75, 3.05) is 24.4 Å². The van der Waals surface area contributed by atoms with E-state index in [1.165, 1.54) is 0 Å². The molecular weight excluding hydrogens is 346 g/mol. The van der Waals surface area contributed by atoms with Crippen LogP contribution in [0.4, 0.5) is 5.69 Å². The Morgan fingerprint density at radius 3 is 2.50 bits per heavy atom. The van der Waals surface area contributed by atoms with Crippen LogP contribution in [0.25, 0.3) is 0 Å². The van der Waals surface area contributed by atoms with Gasteiger partial charge in [-0.15, -0.1) is 0 Å². The molecule has 0 bridgehead atoms. The summed E-state index contributed by atoms with van der Waals surface area (Å²) in [5.41, 5.74) is -0.0460. The summed E-state index contributed by atoms with van der Waals surface area (Å²) in [6.07, 6.45) is 3.92. The molecule has 4 nitrogen and oxygen atoms in total. The van der Waals surface area contributed by atoms with Gasteiger partial charge in [-0.05, 0) is 37.6 Å². The van der Waals surface area contributed by atoms with E-state index in [4.69, 9.17) is 9.47 Å². The normalized spacial score (nSPS) is 13.5. The Kier molecular flexibility index (Phi) is 8.49.